The highest BCUT2D eigenvalue weighted by Crippen LogP contribution is 2.38. The number of nitrogens with zero attached hydrogens (tertiary/aromatic N) is 8. The van der Waals surface area contributed by atoms with E-state index >= 15 is 0 Å². The number of amides is 3. The molecule has 0 radical (unpaired) electrons. The number of carboxylic acid groups (broad SMARTS) is 1. The number of ether oxygens (including phenoxy) is 5. The molecule has 3 aromatic heterocycles. The topological polar surface area (TPSA) is 421 Å². The number of hydrogen-bond donors (Lipinski definition) is 7. The van der Waals surface area contributed by atoms with Crippen molar-refractivity contribution in [3.63, 3.8) is 0 Å². The van der Waals surface area contributed by atoms with Crippen LogP contribution in [0.5, 0.6) is 23.3 Å². The average Bonchev–Trinajstić information content (AvgIpc) is 3.59. The van der Waals surface area contributed by atoms with Gasteiger partial charge < -0.3 is 55.0 Å². The van der Waals surface area contributed by atoms with Crippen molar-refractivity contribution in [1.29, 1.82) is 0 Å². The molecule has 460 valence electrons. The number of carbonyl (C=O) groups excluding carboxylic acids is 4. The summed E-state index contributed by atoms with van der Waals surface area (Å²) in [6.07, 6.45) is -4.75. The van der Waals surface area contributed by atoms with Crippen molar-refractivity contribution in [2.24, 2.45) is 5.73 Å². The molecule has 0 saturated heterocycles. The second kappa shape index (κ2) is 33.1. The monoisotopic (exact) mass is 1270 g/mol. The van der Waals surface area contributed by atoms with Crippen LogP contribution in [0.25, 0.3) is 0 Å². The van der Waals surface area contributed by atoms with E-state index in [-0.39, 0.29) is 70.3 Å². The molecule has 5 rings (SSSR count). The number of carbonyl (C=O) groups is 5. The summed E-state index contributed by atoms with van der Waals surface area (Å²) in [7, 11) is -1.95. The highest BCUT2D eigenvalue weighted by atomic mass is 35.5. The lowest BCUT2D eigenvalue weighted by molar-refractivity contribution is -0.385. The van der Waals surface area contributed by atoms with Crippen molar-refractivity contribution in [3.05, 3.63) is 97.9 Å². The van der Waals surface area contributed by atoms with Gasteiger partial charge in [0.1, 0.15) is 23.1 Å². The van der Waals surface area contributed by atoms with Crippen LogP contribution in [0.3, 0.4) is 0 Å². The van der Waals surface area contributed by atoms with Gasteiger partial charge in [0, 0.05) is 57.8 Å². The van der Waals surface area contributed by atoms with E-state index in [9.17, 15) is 60.2 Å². The molecule has 3 heterocycles. The fourth-order valence-corrected chi connectivity index (χ4v) is 7.88. The van der Waals surface area contributed by atoms with Crippen molar-refractivity contribution in [2.45, 2.75) is 70.4 Å². The predicted molar refractivity (Wildman–Crippen MR) is 296 cm³/mol. The van der Waals surface area contributed by atoms with Gasteiger partial charge in [0.25, 0.3) is 21.6 Å². The van der Waals surface area contributed by atoms with Crippen LogP contribution < -0.4 is 40.6 Å². The van der Waals surface area contributed by atoms with Crippen LogP contribution >= 0.6 is 30.6 Å². The first-order valence-electron chi connectivity index (χ1n) is 23.9. The van der Waals surface area contributed by atoms with E-state index in [1.165, 1.54) is 71.2 Å². The first-order chi connectivity index (χ1) is 39.0. The molecule has 0 aliphatic carbocycles. The SMILES string of the molecule is CCNc1nc(Cl)nc(NC(C)C)n1.CCOC(=O)C(C)OC(=O)c1cc(Oc2ccc(C(F)(F)F)cc2Cl)ccc1[N+](=O)[O-].COc1cc(OC)nc(NC(=O)NS(=O)(=O)c2ncccc2C(=O)N(C)C)n1.CP(=O)(O)CCC(N)C(=O)O. The Morgan fingerprint density at radius 3 is 2.04 bits per heavy atom. The van der Waals surface area contributed by atoms with Gasteiger partial charge in [0.2, 0.25) is 34.9 Å². The summed E-state index contributed by atoms with van der Waals surface area (Å²) in [5.41, 5.74) is 2.74. The zero-order chi connectivity index (χ0) is 63.9. The van der Waals surface area contributed by atoms with Gasteiger partial charge in [0.05, 0.1) is 48.0 Å². The summed E-state index contributed by atoms with van der Waals surface area (Å²) in [5.74, 6) is -3.17. The van der Waals surface area contributed by atoms with Gasteiger partial charge in [0.15, 0.2) is 18.5 Å². The lowest BCUT2D eigenvalue weighted by Gasteiger charge is -2.14. The first kappa shape index (κ1) is 71.8. The number of sulfonamides is 1. The zero-order valence-electron chi connectivity index (χ0n) is 46.3. The van der Waals surface area contributed by atoms with Crippen LogP contribution in [0.15, 0.2) is 65.8 Å². The highest BCUT2D eigenvalue weighted by molar-refractivity contribution is 7.90. The molecule has 3 atom stereocenters. The number of benzene rings is 2. The fourth-order valence-electron chi connectivity index (χ4n) is 5.71. The molecule has 0 saturated carbocycles. The molecule has 5 aromatic rings. The molecule has 84 heavy (non-hydrogen) atoms. The van der Waals surface area contributed by atoms with Gasteiger partial charge in [-0.3, -0.25) is 29.6 Å². The molecule has 0 aliphatic heterocycles. The number of nitro benzene ring substituents is 1. The van der Waals surface area contributed by atoms with Gasteiger partial charge >= 0.3 is 30.1 Å². The van der Waals surface area contributed by atoms with Gasteiger partial charge in [-0.15, -0.1) is 0 Å². The van der Waals surface area contributed by atoms with Crippen LogP contribution in [0.1, 0.15) is 67.3 Å². The van der Waals surface area contributed by atoms with E-state index in [0.717, 1.165) is 36.9 Å². The van der Waals surface area contributed by atoms with Gasteiger partial charge in [-0.2, -0.15) is 46.5 Å². The number of hydrogen-bond acceptors (Lipinski definition) is 24. The van der Waals surface area contributed by atoms with Crippen molar-refractivity contribution in [1.82, 2.24) is 39.5 Å². The number of aromatic nitrogens is 6. The number of alkyl halides is 3. The maximum absolute atomic E-state index is 12.8. The quantitative estimate of drug-likeness (QED) is 0.0173. The Bertz CT molecular complexity index is 3260. The predicted octanol–water partition coefficient (Wildman–Crippen LogP) is 6.73. The summed E-state index contributed by atoms with van der Waals surface area (Å²) >= 11 is 11.6. The van der Waals surface area contributed by atoms with Crippen molar-refractivity contribution < 1.29 is 88.7 Å². The Morgan fingerprint density at radius 1 is 0.905 bits per heavy atom. The molecule has 0 spiro atoms. The lowest BCUT2D eigenvalue weighted by atomic mass is 10.1. The number of rotatable bonds is 21. The van der Waals surface area contributed by atoms with Crippen LogP contribution in [-0.2, 0) is 39.8 Å². The number of methoxy groups -OCH3 is 2. The summed E-state index contributed by atoms with van der Waals surface area (Å²) in [4.78, 5) is 102. The minimum Gasteiger partial charge on any atom is -0.481 e. The second-order valence-electron chi connectivity index (χ2n) is 17.0. The number of pyridine rings is 1. The number of nitrogens with two attached hydrogens (primary N) is 1. The number of urea groups is 1. The largest absolute Gasteiger partial charge is 0.481 e. The second-order valence-corrected chi connectivity index (χ2v) is 21.9. The summed E-state index contributed by atoms with van der Waals surface area (Å²) in [5, 5.41) is 26.9. The van der Waals surface area contributed by atoms with Gasteiger partial charge in [-0.1, -0.05) is 11.6 Å². The number of anilines is 3. The third kappa shape index (κ3) is 24.7. The highest BCUT2D eigenvalue weighted by Gasteiger charge is 2.32. The zero-order valence-corrected chi connectivity index (χ0v) is 49.5. The average molecular weight is 1270 g/mol. The molecule has 0 aliphatic rings. The van der Waals surface area contributed by atoms with E-state index < -0.39 is 92.3 Å². The van der Waals surface area contributed by atoms with Crippen molar-refractivity contribution >= 4 is 94.0 Å². The number of nitrogens with one attached hydrogen (secondary N) is 4. The Morgan fingerprint density at radius 2 is 1.52 bits per heavy atom. The maximum Gasteiger partial charge on any atom is 0.416 e. The molecule has 2 aromatic carbocycles. The minimum atomic E-state index is -4.61. The van der Waals surface area contributed by atoms with E-state index in [2.05, 4.69) is 45.9 Å². The minimum absolute atomic E-state index is 0.0398. The van der Waals surface area contributed by atoms with Crippen LogP contribution in [0, 0.1) is 10.1 Å². The third-order valence-electron chi connectivity index (χ3n) is 9.52. The number of aliphatic carboxylic acids is 1. The Kier molecular flexibility index (Phi) is 28.3. The Hall–Kier alpha value is -8.30. The van der Waals surface area contributed by atoms with E-state index in [4.69, 9.17) is 62.6 Å². The number of halogens is 5. The molecule has 30 nitrogen and oxygen atoms in total. The summed E-state index contributed by atoms with van der Waals surface area (Å²) < 4.78 is 101. The standard InChI is InChI=1S/C19H15ClF3NO7.C15H18N6O6S.C8H14ClN5.C5H12NO4P/c1-3-29-17(25)10(2)30-18(26)13-9-12(5-6-15(13)24(27)28)31-16-7-4-11(8-14(16)20)19(21,22)23;1-21(2)13(22)9-6-5-7-16-12(9)28(24,25)20-15(23)19-14-17-10(26-3)8-11(18-14)27-4;1-4-10-7-12-6(9)13-8(14-7)11-5(2)3;1-11(9,10)3-2-4(6)5(7)8/h4-10H,3H2,1-2H3;5-8H,1-4H3,(H2,17,18,19,20,23);5H,4H2,1-3H3,(H2,10,11,12,13,14);4H,2-3,6H2,1H3,(H,7,8)(H,9,10). The molecular formula is C47H59Cl2F3N13O17PS. The lowest BCUT2D eigenvalue weighted by Crippen LogP contribution is -2.36. The van der Waals surface area contributed by atoms with Crippen molar-refractivity contribution in [2.75, 3.05) is 70.2 Å². The molecule has 0 bridgehead atoms. The maximum atomic E-state index is 12.8. The molecule has 8 N–H and O–H groups in total. The smallest absolute Gasteiger partial charge is 0.416 e. The normalized spacial score (nSPS) is 12.2. The number of nitro groups is 1. The van der Waals surface area contributed by atoms with E-state index in [0.29, 0.717) is 18.0 Å². The number of carboxylic acids is 1. The van der Waals surface area contributed by atoms with Crippen molar-refractivity contribution in [3.8, 4) is 23.3 Å². The van der Waals surface area contributed by atoms with Gasteiger partial charge in [-0.25, -0.2) is 24.1 Å². The molecular weight excluding hydrogens is 1210 g/mol. The fraction of sp³-hybridized carbons (Fsp3) is 0.383. The van der Waals surface area contributed by atoms with Gasteiger partial charge in [-0.05, 0) is 89.0 Å². The summed E-state index contributed by atoms with van der Waals surface area (Å²) in [6, 6.07) is 7.51. The summed E-state index contributed by atoms with van der Waals surface area (Å²) in [6.45, 7) is 10.7. The third-order valence-corrected chi connectivity index (χ3v) is 12.4. The molecule has 3 unspecified atom stereocenters. The van der Waals surface area contributed by atoms with E-state index in [1.54, 1.807) is 11.6 Å². The van der Waals surface area contributed by atoms with Crippen LogP contribution in [0.4, 0.5) is 41.5 Å². The van der Waals surface area contributed by atoms with Crippen LogP contribution in [-0.4, -0.2) is 160 Å². The van der Waals surface area contributed by atoms with E-state index in [1.807, 2.05) is 20.8 Å². The first-order valence-corrected chi connectivity index (χ1v) is 28.5. The number of esters is 2. The molecule has 3 amide bonds. The Labute approximate surface area is 488 Å². The molecule has 37 heteroatoms. The Balaban J connectivity index is 0.000000413. The molecule has 0 fully saturated rings. The van der Waals surface area contributed by atoms with Crippen LogP contribution in [0.2, 0.25) is 10.3 Å².